The number of carbonyl (C=O) groups is 1. The number of para-hydroxylation sites is 1. The van der Waals surface area contributed by atoms with Crippen molar-refractivity contribution in [3.05, 3.63) is 29.3 Å². The van der Waals surface area contributed by atoms with Gasteiger partial charge in [0.2, 0.25) is 0 Å². The molecule has 0 bridgehead atoms. The lowest BCUT2D eigenvalue weighted by Gasteiger charge is -2.36. The second-order valence-electron chi connectivity index (χ2n) is 6.39. The number of halogens is 4. The maximum Gasteiger partial charge on any atom is 0.405 e. The Morgan fingerprint density at radius 3 is 2.71 bits per heavy atom. The van der Waals surface area contributed by atoms with E-state index in [1.54, 1.807) is 24.3 Å². The third kappa shape index (κ3) is 5.09. The van der Waals surface area contributed by atoms with Gasteiger partial charge in [-0.3, -0.25) is 9.69 Å². The van der Waals surface area contributed by atoms with Gasteiger partial charge < -0.3 is 20.1 Å². The van der Waals surface area contributed by atoms with Crippen LogP contribution in [0.25, 0.3) is 6.08 Å². The Bertz CT molecular complexity index is 722. The van der Waals surface area contributed by atoms with E-state index in [1.807, 2.05) is 0 Å². The van der Waals surface area contributed by atoms with Crippen LogP contribution in [0.15, 0.2) is 23.8 Å². The van der Waals surface area contributed by atoms with Crippen molar-refractivity contribution in [3.63, 3.8) is 0 Å². The quantitative estimate of drug-likeness (QED) is 0.759. The highest BCUT2D eigenvalue weighted by molar-refractivity contribution is 5.99. The van der Waals surface area contributed by atoms with Gasteiger partial charge in [-0.1, -0.05) is 12.1 Å². The van der Waals surface area contributed by atoms with Crippen LogP contribution in [-0.2, 0) is 4.79 Å². The smallest absolute Gasteiger partial charge is 0.405 e. The summed E-state index contributed by atoms with van der Waals surface area (Å²) in [5.41, 5.74) is 0.928. The second-order valence-corrected chi connectivity index (χ2v) is 6.39. The van der Waals surface area contributed by atoms with Gasteiger partial charge >= 0.3 is 6.18 Å². The van der Waals surface area contributed by atoms with Crippen LogP contribution < -0.4 is 20.1 Å². The molecule has 1 unspecified atom stereocenters. The van der Waals surface area contributed by atoms with Gasteiger partial charge in [0, 0.05) is 38.3 Å². The number of benzene rings is 1. The molecule has 0 aliphatic carbocycles. The number of ether oxygens (including phenoxy) is 2. The van der Waals surface area contributed by atoms with Gasteiger partial charge in [0.05, 0.1) is 12.7 Å². The molecule has 1 aromatic rings. The van der Waals surface area contributed by atoms with E-state index in [0.29, 0.717) is 43.2 Å². The van der Waals surface area contributed by atoms with E-state index < -0.39 is 24.7 Å². The lowest BCUT2D eigenvalue weighted by atomic mass is 10.1. The Labute approximate surface area is 167 Å². The maximum absolute atomic E-state index is 13.4. The lowest BCUT2D eigenvalue weighted by molar-refractivity contribution is -0.183. The van der Waals surface area contributed by atoms with Crippen molar-refractivity contribution in [1.82, 2.24) is 15.5 Å². The van der Waals surface area contributed by atoms with Gasteiger partial charge in [-0.2, -0.15) is 13.2 Å². The van der Waals surface area contributed by atoms with Crippen molar-refractivity contribution in [3.8, 4) is 11.5 Å². The van der Waals surface area contributed by atoms with Gasteiger partial charge in [0.25, 0.3) is 5.91 Å². The minimum absolute atomic E-state index is 0. The van der Waals surface area contributed by atoms with Crippen LogP contribution in [0.4, 0.5) is 13.2 Å². The van der Waals surface area contributed by atoms with Crippen molar-refractivity contribution in [2.24, 2.45) is 0 Å². The van der Waals surface area contributed by atoms with Crippen molar-refractivity contribution in [1.29, 1.82) is 0 Å². The number of piperazine rings is 1. The molecule has 156 valence electrons. The monoisotopic (exact) mass is 421 g/mol. The first-order valence-corrected chi connectivity index (χ1v) is 8.70. The van der Waals surface area contributed by atoms with Crippen LogP contribution in [-0.4, -0.2) is 69.5 Å². The molecule has 1 amide bonds. The highest BCUT2D eigenvalue weighted by Gasteiger charge is 2.44. The molecule has 3 rings (SSSR count). The zero-order chi connectivity index (χ0) is 19.4. The van der Waals surface area contributed by atoms with Crippen molar-refractivity contribution in [2.75, 3.05) is 46.4 Å². The summed E-state index contributed by atoms with van der Waals surface area (Å²) in [6, 6.07) is 3.53. The van der Waals surface area contributed by atoms with Gasteiger partial charge in [0.15, 0.2) is 11.5 Å². The molecule has 1 aromatic carbocycles. The Morgan fingerprint density at radius 1 is 1.36 bits per heavy atom. The van der Waals surface area contributed by atoms with Gasteiger partial charge in [0.1, 0.15) is 12.6 Å². The fourth-order valence-corrected chi connectivity index (χ4v) is 3.22. The molecule has 0 saturated carbocycles. The molecule has 6 nitrogen and oxygen atoms in total. The topological polar surface area (TPSA) is 62.8 Å². The molecule has 2 heterocycles. The van der Waals surface area contributed by atoms with E-state index in [9.17, 15) is 18.0 Å². The largest absolute Gasteiger partial charge is 0.493 e. The average Bonchev–Trinajstić information content (AvgIpc) is 2.66. The predicted molar refractivity (Wildman–Crippen MR) is 101 cm³/mol. The minimum atomic E-state index is -4.41. The van der Waals surface area contributed by atoms with E-state index in [2.05, 4.69) is 10.6 Å². The van der Waals surface area contributed by atoms with Crippen molar-refractivity contribution < 1.29 is 27.4 Å². The van der Waals surface area contributed by atoms with Crippen molar-refractivity contribution >= 4 is 24.4 Å². The molecule has 2 N–H and O–H groups in total. The first-order chi connectivity index (χ1) is 12.9. The highest BCUT2D eigenvalue weighted by Crippen LogP contribution is 2.35. The van der Waals surface area contributed by atoms with E-state index in [-0.39, 0.29) is 24.6 Å². The normalized spacial score (nSPS) is 18.1. The minimum Gasteiger partial charge on any atom is -0.493 e. The van der Waals surface area contributed by atoms with Crippen LogP contribution in [0, 0.1) is 0 Å². The van der Waals surface area contributed by atoms with Crippen molar-refractivity contribution in [2.45, 2.75) is 12.2 Å². The maximum atomic E-state index is 13.4. The number of hydrogen-bond donors (Lipinski definition) is 2. The molecule has 0 radical (unpaired) electrons. The number of methoxy groups -OCH3 is 1. The molecular formula is C18H23ClF3N3O3. The summed E-state index contributed by atoms with van der Waals surface area (Å²) in [5.74, 6) is 0.498. The first-order valence-electron chi connectivity index (χ1n) is 8.70. The molecule has 2 aliphatic rings. The molecule has 1 fully saturated rings. The molecule has 0 aromatic heterocycles. The summed E-state index contributed by atoms with van der Waals surface area (Å²) >= 11 is 0. The van der Waals surface area contributed by atoms with E-state index in [0.717, 1.165) is 0 Å². The second kappa shape index (κ2) is 9.49. The third-order valence-electron chi connectivity index (χ3n) is 4.65. The first kappa shape index (κ1) is 22.3. The summed E-state index contributed by atoms with van der Waals surface area (Å²) in [6.45, 7) is 1.06. The molecule has 28 heavy (non-hydrogen) atoms. The number of amides is 1. The summed E-state index contributed by atoms with van der Waals surface area (Å²) in [4.78, 5) is 13.7. The third-order valence-corrected chi connectivity index (χ3v) is 4.65. The summed E-state index contributed by atoms with van der Waals surface area (Å²) in [6.07, 6.45) is -2.80. The number of fused-ring (bicyclic) bond motifs is 1. The number of alkyl halides is 3. The molecule has 1 saturated heterocycles. The Kier molecular flexibility index (Phi) is 7.56. The van der Waals surface area contributed by atoms with E-state index in [4.69, 9.17) is 9.47 Å². The molecule has 10 heteroatoms. The summed E-state index contributed by atoms with van der Waals surface area (Å²) in [5, 5.41) is 5.44. The lowest BCUT2D eigenvalue weighted by Crippen LogP contribution is -2.57. The van der Waals surface area contributed by atoms with Crippen LogP contribution >= 0.6 is 12.4 Å². The fourth-order valence-electron chi connectivity index (χ4n) is 3.22. The average molecular weight is 422 g/mol. The number of nitrogens with one attached hydrogen (secondary N) is 2. The Hall–Kier alpha value is -1.97. The van der Waals surface area contributed by atoms with Crippen LogP contribution in [0.2, 0.25) is 0 Å². The van der Waals surface area contributed by atoms with Gasteiger partial charge in [-0.25, -0.2) is 0 Å². The SMILES string of the molecule is COc1cccc2c1OCC(C(=O)NCC(N1CCNCC1)C(F)(F)F)=C2.Cl. The van der Waals surface area contributed by atoms with E-state index >= 15 is 0 Å². The molecule has 2 aliphatic heterocycles. The standard InChI is InChI=1S/C18H22F3N3O3.ClH/c1-26-14-4-2-3-12-9-13(11-27-16(12)14)17(25)23-10-15(18(19,20)21)24-7-5-22-6-8-24;/h2-4,9,15,22H,5-8,10-11H2,1H3,(H,23,25);1H. The van der Waals surface area contributed by atoms with Crippen LogP contribution in [0.1, 0.15) is 5.56 Å². The zero-order valence-electron chi connectivity index (χ0n) is 15.3. The predicted octanol–water partition coefficient (Wildman–Crippen LogP) is 1.85. The van der Waals surface area contributed by atoms with Gasteiger partial charge in [-0.05, 0) is 12.1 Å². The fraction of sp³-hybridized carbons (Fsp3) is 0.500. The Morgan fingerprint density at radius 2 is 2.07 bits per heavy atom. The molecule has 0 spiro atoms. The van der Waals surface area contributed by atoms with Crippen LogP contribution in [0.5, 0.6) is 11.5 Å². The molecule has 1 atom stereocenters. The summed E-state index contributed by atoms with van der Waals surface area (Å²) in [7, 11) is 1.51. The van der Waals surface area contributed by atoms with Crippen LogP contribution in [0.3, 0.4) is 0 Å². The van der Waals surface area contributed by atoms with E-state index in [1.165, 1.54) is 12.0 Å². The summed E-state index contributed by atoms with van der Waals surface area (Å²) < 4.78 is 51.0. The zero-order valence-corrected chi connectivity index (χ0v) is 16.2. The number of hydrogen-bond acceptors (Lipinski definition) is 5. The van der Waals surface area contributed by atoms with Gasteiger partial charge in [-0.15, -0.1) is 12.4 Å². The number of nitrogens with zero attached hydrogens (tertiary/aromatic N) is 1. The number of rotatable bonds is 5. The Balaban J connectivity index is 0.00000280. The number of carbonyl (C=O) groups excluding carboxylic acids is 1. The molecular weight excluding hydrogens is 399 g/mol. The highest BCUT2D eigenvalue weighted by atomic mass is 35.5.